The van der Waals surface area contributed by atoms with Gasteiger partial charge in [-0.2, -0.15) is 0 Å². The van der Waals surface area contributed by atoms with Crippen molar-refractivity contribution in [2.75, 3.05) is 20.3 Å². The Labute approximate surface area is 96.4 Å². The maximum Gasteiger partial charge on any atom is 0.158 e. The van der Waals surface area contributed by atoms with E-state index in [0.29, 0.717) is 13.0 Å². The van der Waals surface area contributed by atoms with Gasteiger partial charge in [-0.05, 0) is 25.0 Å². The van der Waals surface area contributed by atoms with Crippen molar-refractivity contribution in [2.24, 2.45) is 0 Å². The molecule has 0 saturated heterocycles. The third kappa shape index (κ3) is 5.51. The average molecular weight is 222 g/mol. The maximum absolute atomic E-state index is 11.1. The standard InChI is InChI=1S/C13H18O3/c1-15-11-12(14)7-5-6-10-16-13-8-3-2-4-9-13/h2-4,8-9H,5-7,10-11H2,1H3. The number of ketones is 1. The van der Waals surface area contributed by atoms with Crippen LogP contribution in [0.4, 0.5) is 0 Å². The SMILES string of the molecule is COCC(=O)CCCCOc1ccccc1. The Morgan fingerprint density at radius 3 is 2.62 bits per heavy atom. The number of unbranched alkanes of at least 4 members (excludes halogenated alkanes) is 1. The van der Waals surface area contributed by atoms with Gasteiger partial charge in [0.15, 0.2) is 5.78 Å². The highest BCUT2D eigenvalue weighted by molar-refractivity contribution is 5.79. The van der Waals surface area contributed by atoms with Gasteiger partial charge in [-0.15, -0.1) is 0 Å². The fourth-order valence-electron chi connectivity index (χ4n) is 1.36. The van der Waals surface area contributed by atoms with Crippen LogP contribution in [-0.2, 0) is 9.53 Å². The Hall–Kier alpha value is -1.35. The highest BCUT2D eigenvalue weighted by Gasteiger charge is 2.00. The molecule has 0 saturated carbocycles. The molecule has 1 rings (SSSR count). The molecule has 0 aliphatic carbocycles. The molecule has 0 N–H and O–H groups in total. The summed E-state index contributed by atoms with van der Waals surface area (Å²) in [6.07, 6.45) is 2.32. The average Bonchev–Trinajstić information content (AvgIpc) is 2.30. The van der Waals surface area contributed by atoms with Crippen LogP contribution in [0, 0.1) is 0 Å². The molecule has 0 atom stereocenters. The number of hydrogen-bond acceptors (Lipinski definition) is 3. The first-order valence-electron chi connectivity index (χ1n) is 5.51. The number of carbonyl (C=O) groups excluding carboxylic acids is 1. The number of carbonyl (C=O) groups is 1. The van der Waals surface area contributed by atoms with Crippen LogP contribution in [0.25, 0.3) is 0 Å². The minimum absolute atomic E-state index is 0.155. The second kappa shape index (κ2) is 7.88. The van der Waals surface area contributed by atoms with Crippen molar-refractivity contribution in [2.45, 2.75) is 19.3 Å². The van der Waals surface area contributed by atoms with Crippen molar-refractivity contribution < 1.29 is 14.3 Å². The molecule has 0 spiro atoms. The summed E-state index contributed by atoms with van der Waals surface area (Å²) >= 11 is 0. The molecule has 0 unspecified atom stereocenters. The lowest BCUT2D eigenvalue weighted by atomic mass is 10.2. The van der Waals surface area contributed by atoms with Crippen LogP contribution in [0.2, 0.25) is 0 Å². The molecule has 0 fully saturated rings. The van der Waals surface area contributed by atoms with E-state index in [0.717, 1.165) is 18.6 Å². The Balaban J connectivity index is 2.02. The Kier molecular flexibility index (Phi) is 6.26. The van der Waals surface area contributed by atoms with Crippen LogP contribution in [-0.4, -0.2) is 26.1 Å². The summed E-state index contributed by atoms with van der Waals surface area (Å²) in [6, 6.07) is 9.69. The Morgan fingerprint density at radius 1 is 1.19 bits per heavy atom. The number of ether oxygens (including phenoxy) is 2. The topological polar surface area (TPSA) is 35.5 Å². The van der Waals surface area contributed by atoms with Gasteiger partial charge in [0.25, 0.3) is 0 Å². The highest BCUT2D eigenvalue weighted by Crippen LogP contribution is 2.09. The van der Waals surface area contributed by atoms with Crippen LogP contribution in [0.15, 0.2) is 30.3 Å². The molecule has 0 bridgehead atoms. The summed E-state index contributed by atoms with van der Waals surface area (Å²) in [5, 5.41) is 0. The second-order valence-corrected chi connectivity index (χ2v) is 3.59. The molecule has 1 aromatic rings. The van der Waals surface area contributed by atoms with Crippen LogP contribution < -0.4 is 4.74 Å². The largest absolute Gasteiger partial charge is 0.494 e. The summed E-state index contributed by atoms with van der Waals surface area (Å²) in [4.78, 5) is 11.1. The minimum Gasteiger partial charge on any atom is -0.494 e. The first-order valence-corrected chi connectivity index (χ1v) is 5.51. The monoisotopic (exact) mass is 222 g/mol. The molecule has 0 aliphatic rings. The summed E-state index contributed by atoms with van der Waals surface area (Å²) in [7, 11) is 1.54. The first-order chi connectivity index (χ1) is 7.83. The highest BCUT2D eigenvalue weighted by atomic mass is 16.5. The Bertz CT molecular complexity index is 295. The van der Waals surface area contributed by atoms with Crippen molar-refractivity contribution in [3.8, 4) is 5.75 Å². The van der Waals surface area contributed by atoms with Gasteiger partial charge in [0, 0.05) is 13.5 Å². The van der Waals surface area contributed by atoms with Gasteiger partial charge in [-0.1, -0.05) is 18.2 Å². The van der Waals surface area contributed by atoms with E-state index in [1.165, 1.54) is 7.11 Å². The fraction of sp³-hybridized carbons (Fsp3) is 0.462. The molecule has 88 valence electrons. The van der Waals surface area contributed by atoms with E-state index < -0.39 is 0 Å². The molecule has 3 heteroatoms. The molecule has 0 amide bonds. The number of rotatable bonds is 8. The zero-order chi connectivity index (χ0) is 11.6. The molecule has 0 heterocycles. The van der Waals surface area contributed by atoms with Crippen molar-refractivity contribution in [3.05, 3.63) is 30.3 Å². The van der Waals surface area contributed by atoms with Gasteiger partial charge in [-0.25, -0.2) is 0 Å². The van der Waals surface area contributed by atoms with Gasteiger partial charge < -0.3 is 9.47 Å². The predicted molar refractivity (Wildman–Crippen MR) is 62.7 cm³/mol. The van der Waals surface area contributed by atoms with Gasteiger partial charge in [0.2, 0.25) is 0 Å². The fourth-order valence-corrected chi connectivity index (χ4v) is 1.36. The van der Waals surface area contributed by atoms with E-state index in [9.17, 15) is 4.79 Å². The van der Waals surface area contributed by atoms with E-state index >= 15 is 0 Å². The van der Waals surface area contributed by atoms with E-state index in [4.69, 9.17) is 9.47 Å². The van der Waals surface area contributed by atoms with Crippen LogP contribution in [0.3, 0.4) is 0 Å². The molecule has 0 aromatic heterocycles. The lowest BCUT2D eigenvalue weighted by Gasteiger charge is -2.05. The number of methoxy groups -OCH3 is 1. The number of benzene rings is 1. The van der Waals surface area contributed by atoms with Crippen LogP contribution in [0.1, 0.15) is 19.3 Å². The van der Waals surface area contributed by atoms with Crippen LogP contribution >= 0.6 is 0 Å². The summed E-state index contributed by atoms with van der Waals surface area (Å²) in [5.41, 5.74) is 0. The molecule has 0 aliphatic heterocycles. The van der Waals surface area contributed by atoms with E-state index in [1.54, 1.807) is 0 Å². The lowest BCUT2D eigenvalue weighted by molar-refractivity contribution is -0.122. The molecule has 3 nitrogen and oxygen atoms in total. The van der Waals surface area contributed by atoms with Crippen LogP contribution in [0.5, 0.6) is 5.75 Å². The third-order valence-corrected chi connectivity index (χ3v) is 2.17. The smallest absolute Gasteiger partial charge is 0.158 e. The molecular formula is C13H18O3. The number of para-hydroxylation sites is 1. The zero-order valence-corrected chi connectivity index (χ0v) is 9.65. The van der Waals surface area contributed by atoms with E-state index in [-0.39, 0.29) is 12.4 Å². The molecule has 1 aromatic carbocycles. The zero-order valence-electron chi connectivity index (χ0n) is 9.65. The third-order valence-electron chi connectivity index (χ3n) is 2.17. The quantitative estimate of drug-likeness (QED) is 0.634. The number of hydrogen-bond donors (Lipinski definition) is 0. The van der Waals surface area contributed by atoms with Crippen molar-refractivity contribution >= 4 is 5.78 Å². The Morgan fingerprint density at radius 2 is 1.94 bits per heavy atom. The number of Topliss-reactive ketones (excluding diaryl/α,β-unsaturated/α-hetero) is 1. The van der Waals surface area contributed by atoms with Crippen molar-refractivity contribution in [1.82, 2.24) is 0 Å². The summed E-state index contributed by atoms with van der Waals surface area (Å²) in [5.74, 6) is 1.04. The van der Waals surface area contributed by atoms with Gasteiger partial charge >= 0.3 is 0 Å². The molecule has 0 radical (unpaired) electrons. The molecular weight excluding hydrogens is 204 g/mol. The first kappa shape index (κ1) is 12.7. The van der Waals surface area contributed by atoms with E-state index in [1.807, 2.05) is 30.3 Å². The predicted octanol–water partition coefficient (Wildman–Crippen LogP) is 2.45. The van der Waals surface area contributed by atoms with Gasteiger partial charge in [-0.3, -0.25) is 4.79 Å². The lowest BCUT2D eigenvalue weighted by Crippen LogP contribution is -2.07. The maximum atomic E-state index is 11.1. The second-order valence-electron chi connectivity index (χ2n) is 3.59. The van der Waals surface area contributed by atoms with Gasteiger partial charge in [0.1, 0.15) is 12.4 Å². The molecule has 16 heavy (non-hydrogen) atoms. The van der Waals surface area contributed by atoms with E-state index in [2.05, 4.69) is 0 Å². The van der Waals surface area contributed by atoms with Gasteiger partial charge in [0.05, 0.1) is 6.61 Å². The summed E-state index contributed by atoms with van der Waals surface area (Å²) < 4.78 is 10.3. The normalized spacial score (nSPS) is 10.1. The minimum atomic E-state index is 0.155. The summed E-state index contributed by atoms with van der Waals surface area (Å²) in [6.45, 7) is 0.879. The van der Waals surface area contributed by atoms with Crippen molar-refractivity contribution in [3.63, 3.8) is 0 Å². The van der Waals surface area contributed by atoms with Crippen molar-refractivity contribution in [1.29, 1.82) is 0 Å².